The fourth-order valence-corrected chi connectivity index (χ4v) is 2.81. The Balaban J connectivity index is 1.54. The van der Waals surface area contributed by atoms with Crippen molar-refractivity contribution in [1.29, 1.82) is 0 Å². The van der Waals surface area contributed by atoms with E-state index in [4.69, 9.17) is 0 Å². The Morgan fingerprint density at radius 3 is 2.14 bits per heavy atom. The summed E-state index contributed by atoms with van der Waals surface area (Å²) in [7, 11) is 0. The predicted molar refractivity (Wildman–Crippen MR) is 115 cm³/mol. The smallest absolute Gasteiger partial charge is 0.251 e. The highest BCUT2D eigenvalue weighted by Crippen LogP contribution is 2.19. The molecule has 0 aromatic heterocycles. The second-order valence-electron chi connectivity index (χ2n) is 7.75. The Labute approximate surface area is 165 Å². The summed E-state index contributed by atoms with van der Waals surface area (Å²) in [6.45, 7) is 5.96. The van der Waals surface area contributed by atoms with Crippen LogP contribution in [0.3, 0.4) is 0 Å². The van der Waals surface area contributed by atoms with Crippen molar-refractivity contribution >= 4 is 34.0 Å². The van der Waals surface area contributed by atoms with Gasteiger partial charge >= 0.3 is 0 Å². The summed E-state index contributed by atoms with van der Waals surface area (Å²) in [5, 5.41) is 11.1. The van der Waals surface area contributed by atoms with Gasteiger partial charge in [-0.3, -0.25) is 9.59 Å². The van der Waals surface area contributed by atoms with Crippen molar-refractivity contribution in [2.75, 3.05) is 17.2 Å². The molecule has 3 N–H and O–H groups in total. The minimum atomic E-state index is -0.283. The van der Waals surface area contributed by atoms with Crippen molar-refractivity contribution in [3.05, 3.63) is 72.3 Å². The van der Waals surface area contributed by atoms with Crippen molar-refractivity contribution in [2.24, 2.45) is 0 Å². The maximum Gasteiger partial charge on any atom is 0.251 e. The summed E-state index contributed by atoms with van der Waals surface area (Å²) in [5.74, 6) is -0.252. The Kier molecular flexibility index (Phi) is 5.64. The molecule has 144 valence electrons. The third kappa shape index (κ3) is 5.33. The first-order valence-electron chi connectivity index (χ1n) is 9.25. The molecule has 0 saturated carbocycles. The van der Waals surface area contributed by atoms with E-state index >= 15 is 0 Å². The molecule has 0 aliphatic rings. The minimum absolute atomic E-state index is 0.118. The van der Waals surface area contributed by atoms with Crippen LogP contribution in [0.2, 0.25) is 0 Å². The summed E-state index contributed by atoms with van der Waals surface area (Å²) >= 11 is 0. The molecule has 28 heavy (non-hydrogen) atoms. The van der Waals surface area contributed by atoms with Crippen LogP contribution < -0.4 is 16.0 Å². The second kappa shape index (κ2) is 8.13. The maximum atomic E-state index is 12.2. The molecular weight excluding hydrogens is 350 g/mol. The lowest BCUT2D eigenvalue weighted by Crippen LogP contribution is -2.40. The minimum Gasteiger partial charge on any atom is -0.376 e. The van der Waals surface area contributed by atoms with Gasteiger partial charge in [-0.05, 0) is 67.9 Å². The van der Waals surface area contributed by atoms with Crippen molar-refractivity contribution in [3.8, 4) is 0 Å². The first kappa shape index (κ1) is 19.4. The molecule has 0 aliphatic carbocycles. The molecule has 5 nitrogen and oxygen atoms in total. The van der Waals surface area contributed by atoms with Gasteiger partial charge in [0.15, 0.2) is 0 Å². The van der Waals surface area contributed by atoms with Gasteiger partial charge in [0.05, 0.1) is 6.54 Å². The van der Waals surface area contributed by atoms with Crippen molar-refractivity contribution in [3.63, 3.8) is 0 Å². The number of fused-ring (bicyclic) bond motifs is 1. The largest absolute Gasteiger partial charge is 0.376 e. The highest BCUT2D eigenvalue weighted by molar-refractivity contribution is 5.97. The number of benzene rings is 3. The molecule has 0 bridgehead atoms. The van der Waals surface area contributed by atoms with Crippen LogP contribution in [-0.4, -0.2) is 23.9 Å². The summed E-state index contributed by atoms with van der Waals surface area (Å²) in [4.78, 5) is 24.4. The summed E-state index contributed by atoms with van der Waals surface area (Å²) in [5.41, 5.74) is 1.84. The van der Waals surface area contributed by atoms with Crippen LogP contribution in [0.15, 0.2) is 66.7 Å². The van der Waals surface area contributed by atoms with Crippen LogP contribution in [0.5, 0.6) is 0 Å². The fraction of sp³-hybridized carbons (Fsp3) is 0.217. The quantitative estimate of drug-likeness (QED) is 0.618. The molecule has 3 aromatic rings. The van der Waals surface area contributed by atoms with E-state index in [0.29, 0.717) is 5.56 Å². The van der Waals surface area contributed by atoms with Crippen molar-refractivity contribution in [2.45, 2.75) is 26.3 Å². The fourth-order valence-electron chi connectivity index (χ4n) is 2.81. The maximum absolute atomic E-state index is 12.2. The zero-order valence-electron chi connectivity index (χ0n) is 16.4. The number of anilines is 2. The lowest BCUT2D eigenvalue weighted by atomic mass is 10.1. The average Bonchev–Trinajstić information content (AvgIpc) is 2.65. The van der Waals surface area contributed by atoms with Gasteiger partial charge < -0.3 is 16.0 Å². The molecule has 0 unspecified atom stereocenters. The normalized spacial score (nSPS) is 11.1. The molecular formula is C23H25N3O2. The highest BCUT2D eigenvalue weighted by Gasteiger charge is 2.15. The van der Waals surface area contributed by atoms with Crippen LogP contribution in [0.25, 0.3) is 10.8 Å². The first-order chi connectivity index (χ1) is 13.3. The Morgan fingerprint density at radius 2 is 1.46 bits per heavy atom. The van der Waals surface area contributed by atoms with E-state index in [1.165, 1.54) is 0 Å². The number of amides is 2. The van der Waals surface area contributed by atoms with Crippen LogP contribution in [0.1, 0.15) is 31.1 Å². The lowest BCUT2D eigenvalue weighted by Gasteiger charge is -2.20. The van der Waals surface area contributed by atoms with Crippen LogP contribution in [-0.2, 0) is 4.79 Å². The molecule has 0 radical (unpaired) electrons. The molecule has 0 atom stereocenters. The van der Waals surface area contributed by atoms with Crippen molar-refractivity contribution < 1.29 is 9.59 Å². The number of hydrogen-bond donors (Lipinski definition) is 3. The van der Waals surface area contributed by atoms with Crippen molar-refractivity contribution in [1.82, 2.24) is 5.32 Å². The average molecular weight is 375 g/mol. The highest BCUT2D eigenvalue weighted by atomic mass is 16.2. The number of carbonyl (C=O) groups is 2. The summed E-state index contributed by atoms with van der Waals surface area (Å²) in [6.07, 6.45) is 0. The molecule has 3 aromatic carbocycles. The van der Waals surface area contributed by atoms with Gasteiger partial charge in [0.2, 0.25) is 5.91 Å². The molecule has 0 fully saturated rings. The number of nitrogens with one attached hydrogen (secondary N) is 3. The Morgan fingerprint density at radius 1 is 0.821 bits per heavy atom. The van der Waals surface area contributed by atoms with Crippen LogP contribution in [0.4, 0.5) is 11.4 Å². The Bertz CT molecular complexity index is 989. The van der Waals surface area contributed by atoms with E-state index in [0.717, 1.165) is 22.1 Å². The van der Waals surface area contributed by atoms with E-state index in [-0.39, 0.29) is 23.9 Å². The van der Waals surface area contributed by atoms with E-state index in [9.17, 15) is 9.59 Å². The van der Waals surface area contributed by atoms with Gasteiger partial charge in [0.1, 0.15) is 0 Å². The number of carbonyl (C=O) groups excluding carboxylic acids is 2. The molecule has 2 amide bonds. The third-order valence-corrected chi connectivity index (χ3v) is 4.12. The topological polar surface area (TPSA) is 70.2 Å². The van der Waals surface area contributed by atoms with Gasteiger partial charge in [-0.2, -0.15) is 0 Å². The summed E-state index contributed by atoms with van der Waals surface area (Å²) < 4.78 is 0. The Hall–Kier alpha value is -3.34. The van der Waals surface area contributed by atoms with E-state index in [1.807, 2.05) is 63.2 Å². The second-order valence-corrected chi connectivity index (χ2v) is 7.75. The van der Waals surface area contributed by atoms with E-state index in [2.05, 4.69) is 16.0 Å². The van der Waals surface area contributed by atoms with Gasteiger partial charge in [-0.15, -0.1) is 0 Å². The number of hydrogen-bond acceptors (Lipinski definition) is 3. The molecule has 3 rings (SSSR count). The molecule has 0 heterocycles. The molecule has 5 heteroatoms. The van der Waals surface area contributed by atoms with Gasteiger partial charge in [0, 0.05) is 22.5 Å². The SMILES string of the molecule is CC(C)(C)NC(=O)c1ccc(NCC(=O)Nc2ccc3ccccc3c2)cc1. The lowest BCUT2D eigenvalue weighted by molar-refractivity contribution is -0.114. The van der Waals surface area contributed by atoms with Gasteiger partial charge in [-0.25, -0.2) is 0 Å². The molecule has 0 spiro atoms. The molecule has 0 aliphatic heterocycles. The predicted octanol–water partition coefficient (Wildman–Crippen LogP) is 4.42. The first-order valence-corrected chi connectivity index (χ1v) is 9.25. The van der Waals surface area contributed by atoms with E-state index in [1.54, 1.807) is 24.3 Å². The summed E-state index contributed by atoms with van der Waals surface area (Å²) in [6, 6.07) is 20.9. The molecule has 0 saturated heterocycles. The monoisotopic (exact) mass is 375 g/mol. The van der Waals surface area contributed by atoms with Crippen LogP contribution in [0, 0.1) is 0 Å². The van der Waals surface area contributed by atoms with Gasteiger partial charge in [0.25, 0.3) is 5.91 Å². The van der Waals surface area contributed by atoms with E-state index < -0.39 is 0 Å². The number of rotatable bonds is 5. The zero-order valence-corrected chi connectivity index (χ0v) is 16.4. The van der Waals surface area contributed by atoms with Crippen LogP contribution >= 0.6 is 0 Å². The third-order valence-electron chi connectivity index (χ3n) is 4.12. The van der Waals surface area contributed by atoms with Gasteiger partial charge in [-0.1, -0.05) is 30.3 Å². The zero-order chi connectivity index (χ0) is 20.1. The standard InChI is InChI=1S/C23H25N3O2/c1-23(2,3)26-22(28)17-9-11-19(12-10-17)24-15-21(27)25-20-13-8-16-6-4-5-7-18(16)14-20/h4-14,24H,15H2,1-3H3,(H,25,27)(H,26,28).